The second-order valence-corrected chi connectivity index (χ2v) is 6.60. The van der Waals surface area contributed by atoms with E-state index in [4.69, 9.17) is 21.1 Å². The molecule has 1 aliphatic rings. The Morgan fingerprint density at radius 1 is 0.889 bits per heavy atom. The van der Waals surface area contributed by atoms with Crippen molar-refractivity contribution >= 4 is 23.4 Å². The molecule has 0 saturated carbocycles. The van der Waals surface area contributed by atoms with Crippen molar-refractivity contribution in [2.75, 3.05) is 40.4 Å². The average molecular weight is 389 g/mol. The number of carbonyl (C=O) groups excluding carboxylic acids is 2. The van der Waals surface area contributed by atoms with Crippen LogP contribution in [0.1, 0.15) is 20.7 Å². The van der Waals surface area contributed by atoms with Gasteiger partial charge in [-0.15, -0.1) is 0 Å². The highest BCUT2D eigenvalue weighted by atomic mass is 35.5. The summed E-state index contributed by atoms with van der Waals surface area (Å²) in [5.74, 6) is 0.896. The number of amides is 2. The number of carbonyl (C=O) groups is 2. The normalized spacial score (nSPS) is 14.0. The van der Waals surface area contributed by atoms with Crippen molar-refractivity contribution in [3.63, 3.8) is 0 Å². The highest BCUT2D eigenvalue weighted by Gasteiger charge is 2.27. The average Bonchev–Trinajstić information content (AvgIpc) is 2.72. The quantitative estimate of drug-likeness (QED) is 0.808. The van der Waals surface area contributed by atoms with E-state index < -0.39 is 0 Å². The van der Waals surface area contributed by atoms with Crippen LogP contribution in [0.25, 0.3) is 0 Å². The molecule has 27 heavy (non-hydrogen) atoms. The summed E-state index contributed by atoms with van der Waals surface area (Å²) in [5, 5.41) is 0.529. The van der Waals surface area contributed by atoms with E-state index >= 15 is 0 Å². The molecule has 0 aliphatic carbocycles. The van der Waals surface area contributed by atoms with Gasteiger partial charge in [0.2, 0.25) is 0 Å². The standard InChI is InChI=1S/C20H21ClN2O4/c1-26-16-6-7-17(18(13-16)27-2)20(25)23-10-8-22(9-11-23)19(24)14-4-3-5-15(21)12-14/h3-7,12-13H,8-11H2,1-2H3. The van der Waals surface area contributed by atoms with Crippen molar-refractivity contribution in [2.24, 2.45) is 0 Å². The van der Waals surface area contributed by atoms with Gasteiger partial charge >= 0.3 is 0 Å². The number of hydrogen-bond acceptors (Lipinski definition) is 4. The second-order valence-electron chi connectivity index (χ2n) is 6.16. The maximum Gasteiger partial charge on any atom is 0.257 e. The molecule has 142 valence electrons. The topological polar surface area (TPSA) is 59.1 Å². The van der Waals surface area contributed by atoms with E-state index in [1.165, 1.54) is 7.11 Å². The van der Waals surface area contributed by atoms with Crippen LogP contribution >= 0.6 is 11.6 Å². The molecule has 1 fully saturated rings. The number of halogens is 1. The van der Waals surface area contributed by atoms with Crippen LogP contribution in [-0.4, -0.2) is 62.0 Å². The molecule has 7 heteroatoms. The van der Waals surface area contributed by atoms with Gasteiger partial charge in [-0.2, -0.15) is 0 Å². The summed E-state index contributed by atoms with van der Waals surface area (Å²) < 4.78 is 10.5. The molecule has 0 aromatic heterocycles. The zero-order valence-corrected chi connectivity index (χ0v) is 16.0. The summed E-state index contributed by atoms with van der Waals surface area (Å²) in [6.45, 7) is 1.85. The number of methoxy groups -OCH3 is 2. The lowest BCUT2D eigenvalue weighted by Crippen LogP contribution is -2.50. The predicted octanol–water partition coefficient (Wildman–Crippen LogP) is 2.96. The molecule has 0 spiro atoms. The van der Waals surface area contributed by atoms with Crippen molar-refractivity contribution in [1.29, 1.82) is 0 Å². The minimum absolute atomic E-state index is 0.0772. The van der Waals surface area contributed by atoms with Crippen molar-refractivity contribution in [3.8, 4) is 11.5 Å². The Morgan fingerprint density at radius 3 is 2.15 bits per heavy atom. The Hall–Kier alpha value is -2.73. The minimum Gasteiger partial charge on any atom is -0.497 e. The van der Waals surface area contributed by atoms with E-state index in [9.17, 15) is 9.59 Å². The van der Waals surface area contributed by atoms with E-state index in [1.54, 1.807) is 59.4 Å². The fraction of sp³-hybridized carbons (Fsp3) is 0.300. The van der Waals surface area contributed by atoms with E-state index in [2.05, 4.69) is 0 Å². The van der Waals surface area contributed by atoms with E-state index in [0.29, 0.717) is 53.8 Å². The van der Waals surface area contributed by atoms with Crippen molar-refractivity contribution in [1.82, 2.24) is 9.80 Å². The number of benzene rings is 2. The molecule has 3 rings (SSSR count). The van der Waals surface area contributed by atoms with E-state index in [1.807, 2.05) is 0 Å². The highest BCUT2D eigenvalue weighted by Crippen LogP contribution is 2.26. The van der Waals surface area contributed by atoms with Gasteiger partial charge in [0.15, 0.2) is 0 Å². The maximum atomic E-state index is 12.9. The predicted molar refractivity (Wildman–Crippen MR) is 103 cm³/mol. The van der Waals surface area contributed by atoms with Gasteiger partial charge in [0.25, 0.3) is 11.8 Å². The summed E-state index contributed by atoms with van der Waals surface area (Å²) >= 11 is 5.97. The van der Waals surface area contributed by atoms with Crippen molar-refractivity contribution in [3.05, 3.63) is 58.6 Å². The number of hydrogen-bond donors (Lipinski definition) is 0. The summed E-state index contributed by atoms with van der Waals surface area (Å²) in [6.07, 6.45) is 0. The van der Waals surface area contributed by atoms with Crippen LogP contribution in [0.3, 0.4) is 0 Å². The Labute approximate surface area is 163 Å². The first-order valence-electron chi connectivity index (χ1n) is 8.59. The summed E-state index contributed by atoms with van der Waals surface area (Å²) in [5.41, 5.74) is 1.03. The molecule has 2 aromatic rings. The molecule has 0 atom stereocenters. The van der Waals surface area contributed by atoms with Gasteiger partial charge in [-0.1, -0.05) is 17.7 Å². The molecular weight excluding hydrogens is 368 g/mol. The van der Waals surface area contributed by atoms with Crippen molar-refractivity contribution in [2.45, 2.75) is 0 Å². The maximum absolute atomic E-state index is 12.9. The molecule has 0 unspecified atom stereocenters. The minimum atomic E-state index is -0.121. The molecule has 2 amide bonds. The lowest BCUT2D eigenvalue weighted by Gasteiger charge is -2.35. The van der Waals surface area contributed by atoms with Gasteiger partial charge in [0, 0.05) is 42.8 Å². The Balaban J connectivity index is 1.67. The van der Waals surface area contributed by atoms with Crippen molar-refractivity contribution < 1.29 is 19.1 Å². The zero-order valence-electron chi connectivity index (χ0n) is 15.3. The summed E-state index contributed by atoms with van der Waals surface area (Å²) in [4.78, 5) is 28.9. The molecule has 6 nitrogen and oxygen atoms in total. The molecule has 1 aliphatic heterocycles. The van der Waals surface area contributed by atoms with Gasteiger partial charge in [-0.05, 0) is 30.3 Å². The number of piperazine rings is 1. The zero-order chi connectivity index (χ0) is 19.4. The third kappa shape index (κ3) is 4.17. The first-order valence-corrected chi connectivity index (χ1v) is 8.97. The summed E-state index contributed by atoms with van der Waals surface area (Å²) in [6, 6.07) is 12.0. The molecule has 2 aromatic carbocycles. The van der Waals surface area contributed by atoms with E-state index in [0.717, 1.165) is 0 Å². The van der Waals surface area contributed by atoms with Gasteiger partial charge in [-0.25, -0.2) is 0 Å². The molecular formula is C20H21ClN2O4. The second kappa shape index (κ2) is 8.31. The Bertz CT molecular complexity index is 848. The number of ether oxygens (including phenoxy) is 2. The SMILES string of the molecule is COc1ccc(C(=O)N2CCN(C(=O)c3cccc(Cl)c3)CC2)c(OC)c1. The molecule has 0 radical (unpaired) electrons. The van der Waals surface area contributed by atoms with Gasteiger partial charge in [0.1, 0.15) is 11.5 Å². The van der Waals surface area contributed by atoms with Crippen LogP contribution in [0.5, 0.6) is 11.5 Å². The highest BCUT2D eigenvalue weighted by molar-refractivity contribution is 6.30. The molecule has 0 N–H and O–H groups in total. The van der Waals surface area contributed by atoms with Crippen LogP contribution in [-0.2, 0) is 0 Å². The van der Waals surface area contributed by atoms with Gasteiger partial charge < -0.3 is 19.3 Å². The van der Waals surface area contributed by atoms with Crippen LogP contribution < -0.4 is 9.47 Å². The first-order chi connectivity index (χ1) is 13.0. The fourth-order valence-corrected chi connectivity index (χ4v) is 3.25. The van der Waals surface area contributed by atoms with Crippen LogP contribution in [0, 0.1) is 0 Å². The van der Waals surface area contributed by atoms with Gasteiger partial charge in [-0.3, -0.25) is 9.59 Å². The number of nitrogens with zero attached hydrogens (tertiary/aromatic N) is 2. The Kier molecular flexibility index (Phi) is 5.86. The molecule has 0 bridgehead atoms. The largest absolute Gasteiger partial charge is 0.497 e. The first kappa shape index (κ1) is 19.0. The van der Waals surface area contributed by atoms with Crippen LogP contribution in [0.15, 0.2) is 42.5 Å². The smallest absolute Gasteiger partial charge is 0.257 e. The fourth-order valence-electron chi connectivity index (χ4n) is 3.06. The van der Waals surface area contributed by atoms with Crippen LogP contribution in [0.4, 0.5) is 0 Å². The molecule has 1 saturated heterocycles. The molecule has 1 heterocycles. The Morgan fingerprint density at radius 2 is 1.56 bits per heavy atom. The number of rotatable bonds is 4. The lowest BCUT2D eigenvalue weighted by molar-refractivity contribution is 0.0533. The lowest BCUT2D eigenvalue weighted by atomic mass is 10.1. The third-order valence-corrected chi connectivity index (χ3v) is 4.80. The van der Waals surface area contributed by atoms with Gasteiger partial charge in [0.05, 0.1) is 19.8 Å². The van der Waals surface area contributed by atoms with Crippen LogP contribution in [0.2, 0.25) is 5.02 Å². The third-order valence-electron chi connectivity index (χ3n) is 4.56. The monoisotopic (exact) mass is 388 g/mol. The van der Waals surface area contributed by atoms with E-state index in [-0.39, 0.29) is 11.8 Å². The summed E-state index contributed by atoms with van der Waals surface area (Å²) in [7, 11) is 3.08.